The van der Waals surface area contributed by atoms with E-state index in [0.717, 1.165) is 19.3 Å². The van der Waals surface area contributed by atoms with Gasteiger partial charge in [-0.2, -0.15) is 0 Å². The zero-order valence-electron chi connectivity index (χ0n) is 14.6. The Hall–Kier alpha value is -1.39. The first-order valence-electron chi connectivity index (χ1n) is 8.85. The molecule has 0 spiro atoms. The van der Waals surface area contributed by atoms with E-state index in [1.54, 1.807) is 6.08 Å². The van der Waals surface area contributed by atoms with Crippen LogP contribution in [-0.4, -0.2) is 35.5 Å². The number of hydrogen-bond acceptors (Lipinski definition) is 4. The minimum Gasteiger partial charge on any atom is -0.458 e. The topological polar surface area (TPSA) is 66.8 Å². The molecule has 2 saturated carbocycles. The van der Waals surface area contributed by atoms with Gasteiger partial charge in [-0.1, -0.05) is 38.2 Å². The number of cyclic esters (lactones) is 1. The van der Waals surface area contributed by atoms with E-state index in [4.69, 9.17) is 4.74 Å². The van der Waals surface area contributed by atoms with Crippen molar-refractivity contribution >= 4 is 5.97 Å². The molecule has 132 valence electrons. The second-order valence-corrected chi connectivity index (χ2v) is 8.07. The number of allylic oxidation sites excluding steroid dienone is 2. The summed E-state index contributed by atoms with van der Waals surface area (Å²) < 4.78 is 4.96. The molecule has 0 aromatic rings. The summed E-state index contributed by atoms with van der Waals surface area (Å²) in [7, 11) is 0. The Labute approximate surface area is 143 Å². The van der Waals surface area contributed by atoms with Crippen LogP contribution in [0.3, 0.4) is 0 Å². The third-order valence-electron chi connectivity index (χ3n) is 6.78. The number of fused-ring (bicyclic) bond motifs is 1. The first-order valence-corrected chi connectivity index (χ1v) is 8.85. The number of aliphatic hydroxyl groups is 2. The Bertz CT molecular complexity index is 605. The van der Waals surface area contributed by atoms with Crippen LogP contribution in [0, 0.1) is 22.7 Å². The van der Waals surface area contributed by atoms with Crippen LogP contribution in [0.2, 0.25) is 0 Å². The van der Waals surface area contributed by atoms with Gasteiger partial charge in [-0.25, -0.2) is 4.79 Å². The maximum absolute atomic E-state index is 11.7. The van der Waals surface area contributed by atoms with Gasteiger partial charge in [0.15, 0.2) is 0 Å². The van der Waals surface area contributed by atoms with Gasteiger partial charge in [0.05, 0.1) is 18.3 Å². The van der Waals surface area contributed by atoms with Gasteiger partial charge in [0.25, 0.3) is 0 Å². The number of ether oxygens (including phenoxy) is 1. The molecule has 3 rings (SSSR count). The maximum Gasteiger partial charge on any atom is 0.338 e. The van der Waals surface area contributed by atoms with E-state index in [1.807, 2.05) is 13.0 Å². The van der Waals surface area contributed by atoms with Gasteiger partial charge >= 0.3 is 5.97 Å². The number of hydrogen-bond donors (Lipinski definition) is 2. The Morgan fingerprint density at radius 1 is 1.42 bits per heavy atom. The average Bonchev–Trinajstić information content (AvgIpc) is 2.96. The molecule has 0 amide bonds. The van der Waals surface area contributed by atoms with Crippen LogP contribution in [0.4, 0.5) is 0 Å². The zero-order valence-corrected chi connectivity index (χ0v) is 14.6. The molecule has 1 heterocycles. The highest BCUT2D eigenvalue weighted by Crippen LogP contribution is 2.61. The standard InChI is InChI=1S/C20H28O4/c1-13-4-7-16-19(2,10-8-17(22)20(16,3)12-21)15(13)6-5-14-9-11-24-18(14)23/h5-6,9,15-17,21-22H,1,4,7-8,10-12H2,2-3H3/b6-5+/t15?,16-,17+,19-,20-/m0/s1. The zero-order chi connectivity index (χ0) is 17.5. The summed E-state index contributed by atoms with van der Waals surface area (Å²) in [6.07, 6.45) is 8.69. The van der Waals surface area contributed by atoms with Gasteiger partial charge in [0.1, 0.15) is 6.61 Å². The quantitative estimate of drug-likeness (QED) is 0.616. The van der Waals surface area contributed by atoms with Crippen molar-refractivity contribution in [2.24, 2.45) is 22.7 Å². The third-order valence-corrected chi connectivity index (χ3v) is 6.78. The fourth-order valence-electron chi connectivity index (χ4n) is 5.20. The Balaban J connectivity index is 1.92. The molecule has 1 unspecified atom stereocenters. The summed E-state index contributed by atoms with van der Waals surface area (Å²) in [6.45, 7) is 8.87. The molecule has 0 aromatic heterocycles. The molecule has 5 atom stereocenters. The van der Waals surface area contributed by atoms with Crippen molar-refractivity contribution < 1.29 is 19.7 Å². The second-order valence-electron chi connectivity index (χ2n) is 8.07. The fraction of sp³-hybridized carbons (Fsp3) is 0.650. The van der Waals surface area contributed by atoms with Crippen LogP contribution < -0.4 is 0 Å². The molecular formula is C20H28O4. The Kier molecular flexibility index (Phi) is 4.47. The van der Waals surface area contributed by atoms with Crippen LogP contribution in [0.15, 0.2) is 36.0 Å². The molecule has 0 saturated heterocycles. The molecule has 1 aliphatic heterocycles. The lowest BCUT2D eigenvalue weighted by Crippen LogP contribution is -2.57. The molecule has 0 bridgehead atoms. The first-order chi connectivity index (χ1) is 11.3. The largest absolute Gasteiger partial charge is 0.458 e. The van der Waals surface area contributed by atoms with E-state index in [9.17, 15) is 15.0 Å². The summed E-state index contributed by atoms with van der Waals surface area (Å²) in [5.41, 5.74) is 1.24. The van der Waals surface area contributed by atoms with Gasteiger partial charge < -0.3 is 14.9 Å². The van der Waals surface area contributed by atoms with E-state index >= 15 is 0 Å². The molecule has 4 nitrogen and oxygen atoms in total. The van der Waals surface area contributed by atoms with Crippen molar-refractivity contribution in [1.82, 2.24) is 0 Å². The summed E-state index contributed by atoms with van der Waals surface area (Å²) in [6, 6.07) is 0. The highest BCUT2D eigenvalue weighted by atomic mass is 16.5. The molecule has 24 heavy (non-hydrogen) atoms. The third kappa shape index (κ3) is 2.56. The highest BCUT2D eigenvalue weighted by molar-refractivity contribution is 5.93. The predicted octanol–water partition coefficient (Wildman–Crippen LogP) is 2.77. The average molecular weight is 332 g/mol. The smallest absolute Gasteiger partial charge is 0.338 e. The van der Waals surface area contributed by atoms with Crippen LogP contribution >= 0.6 is 0 Å². The second kappa shape index (κ2) is 6.16. The normalized spacial score (nSPS) is 42.8. The summed E-state index contributed by atoms with van der Waals surface area (Å²) in [5.74, 6) is 0.0981. The summed E-state index contributed by atoms with van der Waals surface area (Å²) >= 11 is 0. The van der Waals surface area contributed by atoms with E-state index < -0.39 is 11.5 Å². The number of carbonyl (C=O) groups excluding carboxylic acids is 1. The lowest BCUT2D eigenvalue weighted by atomic mass is 9.46. The lowest BCUT2D eigenvalue weighted by molar-refractivity contribution is -0.145. The lowest BCUT2D eigenvalue weighted by Gasteiger charge is -2.59. The van der Waals surface area contributed by atoms with Gasteiger partial charge in [-0.3, -0.25) is 0 Å². The minimum absolute atomic E-state index is 0.00515. The van der Waals surface area contributed by atoms with Crippen LogP contribution in [0.5, 0.6) is 0 Å². The number of aliphatic hydroxyl groups excluding tert-OH is 2. The first kappa shape index (κ1) is 17.4. The molecule has 2 fully saturated rings. The molecular weight excluding hydrogens is 304 g/mol. The Morgan fingerprint density at radius 2 is 2.17 bits per heavy atom. The minimum atomic E-state index is -0.481. The van der Waals surface area contributed by atoms with E-state index in [2.05, 4.69) is 19.6 Å². The van der Waals surface area contributed by atoms with Crippen molar-refractivity contribution in [3.05, 3.63) is 36.0 Å². The molecule has 0 aromatic carbocycles. The van der Waals surface area contributed by atoms with Crippen molar-refractivity contribution in [2.75, 3.05) is 13.2 Å². The number of esters is 1. The van der Waals surface area contributed by atoms with Crippen LogP contribution in [0.1, 0.15) is 39.5 Å². The predicted molar refractivity (Wildman–Crippen MR) is 92.1 cm³/mol. The summed E-state index contributed by atoms with van der Waals surface area (Å²) in [5, 5.41) is 20.5. The van der Waals surface area contributed by atoms with Crippen LogP contribution in [0.25, 0.3) is 0 Å². The molecule has 4 heteroatoms. The fourth-order valence-corrected chi connectivity index (χ4v) is 5.20. The number of rotatable bonds is 3. The molecule has 2 N–H and O–H groups in total. The van der Waals surface area contributed by atoms with Crippen LogP contribution in [-0.2, 0) is 9.53 Å². The van der Waals surface area contributed by atoms with Crippen molar-refractivity contribution in [3.8, 4) is 0 Å². The summed E-state index contributed by atoms with van der Waals surface area (Å²) in [4.78, 5) is 11.7. The SMILES string of the molecule is C=C1CC[C@@H]2[C@](C)(CO)[C@H](O)CC[C@@]2(C)C1/C=C/C1=CCOC1=O. The van der Waals surface area contributed by atoms with Gasteiger partial charge in [-0.15, -0.1) is 0 Å². The maximum atomic E-state index is 11.7. The molecule has 2 aliphatic carbocycles. The van der Waals surface area contributed by atoms with Crippen molar-refractivity contribution in [2.45, 2.75) is 45.6 Å². The van der Waals surface area contributed by atoms with E-state index in [0.29, 0.717) is 18.6 Å². The van der Waals surface area contributed by atoms with E-state index in [1.165, 1.54) is 5.57 Å². The molecule has 3 aliphatic rings. The number of carbonyl (C=O) groups is 1. The van der Waals surface area contributed by atoms with Gasteiger partial charge in [0.2, 0.25) is 0 Å². The molecule has 0 radical (unpaired) electrons. The van der Waals surface area contributed by atoms with Crippen molar-refractivity contribution in [1.29, 1.82) is 0 Å². The van der Waals surface area contributed by atoms with E-state index in [-0.39, 0.29) is 29.8 Å². The Morgan fingerprint density at radius 3 is 2.79 bits per heavy atom. The monoisotopic (exact) mass is 332 g/mol. The highest BCUT2D eigenvalue weighted by Gasteiger charge is 2.57. The van der Waals surface area contributed by atoms with Crippen molar-refractivity contribution in [3.63, 3.8) is 0 Å². The van der Waals surface area contributed by atoms with Gasteiger partial charge in [-0.05, 0) is 43.1 Å². The van der Waals surface area contributed by atoms with Gasteiger partial charge in [0, 0.05) is 11.3 Å².